The van der Waals surface area contributed by atoms with E-state index >= 15 is 0 Å². The first-order valence-electron chi connectivity index (χ1n) is 13.3. The second-order valence-corrected chi connectivity index (χ2v) is 9.52. The number of nitrogens with zero attached hydrogens (tertiary/aromatic N) is 2. The maximum atomic E-state index is 13.9. The van der Waals surface area contributed by atoms with E-state index in [4.69, 9.17) is 13.9 Å². The molecule has 7 nitrogen and oxygen atoms in total. The van der Waals surface area contributed by atoms with Crippen LogP contribution in [0.3, 0.4) is 0 Å². The molecule has 4 rings (SSSR count). The summed E-state index contributed by atoms with van der Waals surface area (Å²) in [5.41, 5.74) is 3.50. The van der Waals surface area contributed by atoms with E-state index in [-0.39, 0.29) is 17.1 Å². The van der Waals surface area contributed by atoms with Crippen LogP contribution in [0.5, 0.6) is 11.5 Å². The van der Waals surface area contributed by atoms with Crippen molar-refractivity contribution in [2.75, 3.05) is 39.4 Å². The molecule has 1 amide bonds. The maximum absolute atomic E-state index is 13.9. The van der Waals surface area contributed by atoms with Gasteiger partial charge < -0.3 is 23.7 Å². The number of fused-ring (bicyclic) bond motifs is 2. The number of hydrogen-bond donors (Lipinski definition) is 0. The number of hydrogen-bond acceptors (Lipinski definition) is 6. The minimum atomic E-state index is -0.570. The number of ether oxygens (including phenoxy) is 2. The first kappa shape index (κ1) is 26.7. The Morgan fingerprint density at radius 2 is 1.68 bits per heavy atom. The molecule has 198 valence electrons. The van der Waals surface area contributed by atoms with Crippen molar-refractivity contribution in [3.05, 3.63) is 68.6 Å². The van der Waals surface area contributed by atoms with E-state index < -0.39 is 6.04 Å². The minimum Gasteiger partial charge on any atom is -0.490 e. The minimum absolute atomic E-state index is 0.134. The second kappa shape index (κ2) is 11.4. The molecule has 1 aliphatic rings. The average Bonchev–Trinajstić information content (AvgIpc) is 3.17. The number of carbonyl (C=O) groups excluding carboxylic acids is 1. The van der Waals surface area contributed by atoms with Crippen LogP contribution in [0.1, 0.15) is 73.0 Å². The normalized spacial score (nSPS) is 15.1. The third-order valence-electron chi connectivity index (χ3n) is 7.18. The van der Waals surface area contributed by atoms with E-state index in [2.05, 4.69) is 25.7 Å². The average molecular weight is 507 g/mol. The Morgan fingerprint density at radius 1 is 0.946 bits per heavy atom. The Hall–Kier alpha value is -3.32. The zero-order valence-corrected chi connectivity index (χ0v) is 22.8. The fourth-order valence-corrected chi connectivity index (χ4v) is 4.94. The summed E-state index contributed by atoms with van der Waals surface area (Å²) < 4.78 is 18.0. The zero-order chi connectivity index (χ0) is 26.7. The third kappa shape index (κ3) is 5.10. The highest BCUT2D eigenvalue weighted by molar-refractivity contribution is 5.99. The lowest BCUT2D eigenvalue weighted by Crippen LogP contribution is -2.37. The predicted octanol–water partition coefficient (Wildman–Crippen LogP) is 5.48. The first-order valence-corrected chi connectivity index (χ1v) is 13.3. The highest BCUT2D eigenvalue weighted by atomic mass is 16.5. The van der Waals surface area contributed by atoms with Crippen LogP contribution in [-0.2, 0) is 0 Å². The van der Waals surface area contributed by atoms with Crippen LogP contribution in [0.15, 0.2) is 39.5 Å². The van der Waals surface area contributed by atoms with Crippen molar-refractivity contribution >= 4 is 16.9 Å². The Kier molecular flexibility index (Phi) is 8.22. The number of rotatable bonds is 11. The molecular weight excluding hydrogens is 468 g/mol. The van der Waals surface area contributed by atoms with Crippen LogP contribution < -0.4 is 14.9 Å². The van der Waals surface area contributed by atoms with E-state index in [1.54, 1.807) is 4.90 Å². The van der Waals surface area contributed by atoms with Gasteiger partial charge in [0.05, 0.1) is 30.2 Å². The van der Waals surface area contributed by atoms with Crippen molar-refractivity contribution in [3.63, 3.8) is 0 Å². The third-order valence-corrected chi connectivity index (χ3v) is 7.18. The second-order valence-electron chi connectivity index (χ2n) is 9.52. The standard InChI is InChI=1S/C30H38N2O5/c1-7-15-36-23-12-11-21(18-25(23)35-10-4)27-26-28(33)22-16-19(5)20(6)17-24(22)37-29(26)30(34)32(27)14-13-31(8-2)9-3/h11-12,16-18,27H,7-10,13-15H2,1-6H3. The predicted molar refractivity (Wildman–Crippen MR) is 146 cm³/mol. The van der Waals surface area contributed by atoms with Crippen molar-refractivity contribution in [2.24, 2.45) is 0 Å². The molecule has 3 aromatic rings. The highest BCUT2D eigenvalue weighted by Gasteiger charge is 2.43. The van der Waals surface area contributed by atoms with Crippen LogP contribution in [-0.4, -0.2) is 55.1 Å². The van der Waals surface area contributed by atoms with Gasteiger partial charge in [-0.05, 0) is 81.2 Å². The molecule has 37 heavy (non-hydrogen) atoms. The van der Waals surface area contributed by atoms with Crippen LogP contribution in [0, 0.1) is 13.8 Å². The largest absolute Gasteiger partial charge is 0.490 e. The summed E-state index contributed by atoms with van der Waals surface area (Å²) in [7, 11) is 0. The Balaban J connectivity index is 1.88. The fraction of sp³-hybridized carbons (Fsp3) is 0.467. The summed E-state index contributed by atoms with van der Waals surface area (Å²) in [6.45, 7) is 16.1. The number of amides is 1. The molecule has 0 saturated carbocycles. The summed E-state index contributed by atoms with van der Waals surface area (Å²) in [4.78, 5) is 31.7. The summed E-state index contributed by atoms with van der Waals surface area (Å²) in [5, 5.41) is 0.498. The van der Waals surface area contributed by atoms with Gasteiger partial charge in [-0.3, -0.25) is 9.59 Å². The van der Waals surface area contributed by atoms with E-state index in [0.29, 0.717) is 54.3 Å². The molecule has 2 heterocycles. The van der Waals surface area contributed by atoms with Crippen LogP contribution in [0.4, 0.5) is 0 Å². The van der Waals surface area contributed by atoms with Crippen LogP contribution in [0.2, 0.25) is 0 Å². The lowest BCUT2D eigenvalue weighted by atomic mass is 9.97. The monoisotopic (exact) mass is 506 g/mol. The maximum Gasteiger partial charge on any atom is 0.290 e. The highest BCUT2D eigenvalue weighted by Crippen LogP contribution is 2.41. The molecule has 1 aromatic heterocycles. The van der Waals surface area contributed by atoms with Gasteiger partial charge in [-0.2, -0.15) is 0 Å². The van der Waals surface area contributed by atoms with Gasteiger partial charge in [0.2, 0.25) is 5.76 Å². The number of carbonyl (C=O) groups is 1. The van der Waals surface area contributed by atoms with E-state index in [1.165, 1.54) is 0 Å². The molecular formula is C30H38N2O5. The molecule has 0 N–H and O–H groups in total. The zero-order valence-electron chi connectivity index (χ0n) is 22.8. The van der Waals surface area contributed by atoms with E-state index in [0.717, 1.165) is 36.2 Å². The van der Waals surface area contributed by atoms with E-state index in [1.807, 2.05) is 51.1 Å². The fourth-order valence-electron chi connectivity index (χ4n) is 4.94. The van der Waals surface area contributed by atoms with Gasteiger partial charge >= 0.3 is 0 Å². The molecule has 0 radical (unpaired) electrons. The van der Waals surface area contributed by atoms with Crippen LogP contribution >= 0.6 is 0 Å². The Labute approximate surface area is 219 Å². The van der Waals surface area contributed by atoms with Gasteiger partial charge in [0.25, 0.3) is 5.91 Å². The molecule has 0 saturated heterocycles. The van der Waals surface area contributed by atoms with Gasteiger partial charge in [0.15, 0.2) is 16.9 Å². The SMILES string of the molecule is CCCOc1ccc(C2c3c(oc4cc(C)c(C)cc4c3=O)C(=O)N2CCN(CC)CC)cc1OCC. The first-order chi connectivity index (χ1) is 17.8. The summed E-state index contributed by atoms with van der Waals surface area (Å²) >= 11 is 0. The molecule has 7 heteroatoms. The quantitative estimate of drug-likeness (QED) is 0.343. The van der Waals surface area contributed by atoms with Crippen molar-refractivity contribution in [1.82, 2.24) is 9.80 Å². The molecule has 1 atom stereocenters. The Bertz CT molecular complexity index is 1340. The number of aryl methyl sites for hydroxylation is 2. The molecule has 0 fully saturated rings. The van der Waals surface area contributed by atoms with Crippen LogP contribution in [0.25, 0.3) is 11.0 Å². The summed E-state index contributed by atoms with van der Waals surface area (Å²) in [6, 6.07) is 8.84. The van der Waals surface area contributed by atoms with Gasteiger partial charge in [-0.25, -0.2) is 0 Å². The molecule has 0 spiro atoms. The van der Waals surface area contributed by atoms with E-state index in [9.17, 15) is 9.59 Å². The number of likely N-dealkylation sites (N-methyl/N-ethyl adjacent to an activating group) is 1. The Morgan fingerprint density at radius 3 is 2.35 bits per heavy atom. The summed E-state index contributed by atoms with van der Waals surface area (Å²) in [6.07, 6.45) is 0.879. The number of benzene rings is 2. The van der Waals surface area contributed by atoms with Gasteiger partial charge in [-0.15, -0.1) is 0 Å². The smallest absolute Gasteiger partial charge is 0.290 e. The summed E-state index contributed by atoms with van der Waals surface area (Å²) in [5.74, 6) is 1.14. The van der Waals surface area contributed by atoms with Crippen molar-refractivity contribution < 1.29 is 18.7 Å². The molecule has 0 bridgehead atoms. The molecule has 2 aromatic carbocycles. The lowest BCUT2D eigenvalue weighted by molar-refractivity contribution is 0.0708. The van der Waals surface area contributed by atoms with Gasteiger partial charge in [0, 0.05) is 13.1 Å². The van der Waals surface area contributed by atoms with Gasteiger partial charge in [0.1, 0.15) is 5.58 Å². The topological polar surface area (TPSA) is 72.2 Å². The molecule has 1 aliphatic heterocycles. The lowest BCUT2D eigenvalue weighted by Gasteiger charge is -2.28. The van der Waals surface area contributed by atoms with Gasteiger partial charge in [-0.1, -0.05) is 26.8 Å². The van der Waals surface area contributed by atoms with Crippen molar-refractivity contribution in [1.29, 1.82) is 0 Å². The van der Waals surface area contributed by atoms with Crippen molar-refractivity contribution in [3.8, 4) is 11.5 Å². The molecule has 1 unspecified atom stereocenters. The van der Waals surface area contributed by atoms with Crippen molar-refractivity contribution in [2.45, 2.75) is 54.0 Å². The molecule has 0 aliphatic carbocycles.